The van der Waals surface area contributed by atoms with Gasteiger partial charge < -0.3 is 9.88 Å². The monoisotopic (exact) mass is 293 g/mol. The summed E-state index contributed by atoms with van der Waals surface area (Å²) in [7, 11) is 0. The van der Waals surface area contributed by atoms with Crippen LogP contribution in [0.25, 0.3) is 11.0 Å². The molecular formula is C16H15N5O. The van der Waals surface area contributed by atoms with Crippen LogP contribution >= 0.6 is 0 Å². The molecule has 6 nitrogen and oxygen atoms in total. The average Bonchev–Trinajstić information content (AvgIpc) is 2.97. The number of carbonyl (C=O) groups excluding carboxylic acids is 1. The van der Waals surface area contributed by atoms with Gasteiger partial charge in [0.2, 0.25) is 0 Å². The Hall–Kier alpha value is -2.76. The lowest BCUT2D eigenvalue weighted by Crippen LogP contribution is -2.19. The third-order valence-corrected chi connectivity index (χ3v) is 3.91. The van der Waals surface area contributed by atoms with E-state index in [0.29, 0.717) is 11.3 Å². The molecule has 0 spiro atoms. The summed E-state index contributed by atoms with van der Waals surface area (Å²) in [5.41, 5.74) is 0.933. The fourth-order valence-electron chi connectivity index (χ4n) is 2.78. The number of anilines is 1. The quantitative estimate of drug-likeness (QED) is 0.787. The molecule has 0 aromatic carbocycles. The van der Waals surface area contributed by atoms with Crippen LogP contribution in [0.2, 0.25) is 0 Å². The molecular weight excluding hydrogens is 278 g/mol. The Morgan fingerprint density at radius 2 is 2.14 bits per heavy atom. The van der Waals surface area contributed by atoms with Crippen LogP contribution in [-0.4, -0.2) is 25.4 Å². The molecule has 0 fully saturated rings. The van der Waals surface area contributed by atoms with E-state index in [1.807, 2.05) is 18.2 Å². The molecule has 0 atom stereocenters. The number of hydrogen-bond donors (Lipinski definition) is 1. The van der Waals surface area contributed by atoms with Crippen LogP contribution in [0.4, 0.5) is 5.82 Å². The zero-order valence-electron chi connectivity index (χ0n) is 12.0. The number of fused-ring (bicyclic) bond motifs is 2. The van der Waals surface area contributed by atoms with E-state index in [9.17, 15) is 4.79 Å². The Balaban J connectivity index is 1.62. The fourth-order valence-corrected chi connectivity index (χ4v) is 2.78. The van der Waals surface area contributed by atoms with Crippen molar-refractivity contribution in [3.63, 3.8) is 0 Å². The van der Waals surface area contributed by atoms with Gasteiger partial charge in [-0.2, -0.15) is 0 Å². The highest BCUT2D eigenvalue weighted by atomic mass is 16.2. The molecule has 110 valence electrons. The second-order valence-electron chi connectivity index (χ2n) is 5.37. The zero-order chi connectivity index (χ0) is 14.9. The van der Waals surface area contributed by atoms with Gasteiger partial charge in [-0.1, -0.05) is 0 Å². The van der Waals surface area contributed by atoms with Crippen LogP contribution in [0.1, 0.15) is 29.2 Å². The minimum Gasteiger partial charge on any atom is -0.315 e. The maximum absolute atomic E-state index is 12.4. The first kappa shape index (κ1) is 12.9. The van der Waals surface area contributed by atoms with E-state index >= 15 is 0 Å². The SMILES string of the molecule is O=C(Nc1cnc2n1CCCC2)c1ccc2cccnc2n1. The van der Waals surface area contributed by atoms with E-state index in [1.54, 1.807) is 18.5 Å². The Morgan fingerprint density at radius 1 is 1.18 bits per heavy atom. The van der Waals surface area contributed by atoms with Crippen LogP contribution in [-0.2, 0) is 13.0 Å². The van der Waals surface area contributed by atoms with Gasteiger partial charge >= 0.3 is 0 Å². The number of pyridine rings is 2. The van der Waals surface area contributed by atoms with Gasteiger partial charge in [0, 0.05) is 24.5 Å². The van der Waals surface area contributed by atoms with E-state index in [1.165, 1.54) is 0 Å². The van der Waals surface area contributed by atoms with Gasteiger partial charge in [0.15, 0.2) is 5.65 Å². The molecule has 3 aromatic rings. The van der Waals surface area contributed by atoms with Gasteiger partial charge in [0.1, 0.15) is 17.3 Å². The maximum Gasteiger partial charge on any atom is 0.275 e. The molecule has 1 aliphatic heterocycles. The average molecular weight is 293 g/mol. The van der Waals surface area contributed by atoms with Crippen molar-refractivity contribution >= 4 is 22.8 Å². The molecule has 0 unspecified atom stereocenters. The topological polar surface area (TPSA) is 72.7 Å². The standard InChI is InChI=1S/C16H15N5O/c22-16(12-7-6-11-4-3-8-17-15(11)19-12)20-14-10-18-13-5-1-2-9-21(13)14/h3-4,6-8,10H,1-2,5,9H2,(H,20,22). The molecule has 4 rings (SSSR count). The predicted octanol–water partition coefficient (Wildman–Crippen LogP) is 2.41. The van der Waals surface area contributed by atoms with Crippen molar-refractivity contribution < 1.29 is 4.79 Å². The lowest BCUT2D eigenvalue weighted by molar-refractivity contribution is 0.102. The smallest absolute Gasteiger partial charge is 0.275 e. The summed E-state index contributed by atoms with van der Waals surface area (Å²) < 4.78 is 2.07. The number of aryl methyl sites for hydroxylation is 1. The lowest BCUT2D eigenvalue weighted by Gasteiger charge is -2.16. The third kappa shape index (κ3) is 2.22. The minimum atomic E-state index is -0.235. The van der Waals surface area contributed by atoms with Crippen molar-refractivity contribution in [1.29, 1.82) is 0 Å². The van der Waals surface area contributed by atoms with Crippen molar-refractivity contribution in [1.82, 2.24) is 19.5 Å². The van der Waals surface area contributed by atoms with Gasteiger partial charge in [0.25, 0.3) is 5.91 Å². The summed E-state index contributed by atoms with van der Waals surface area (Å²) in [6.07, 6.45) is 6.63. The van der Waals surface area contributed by atoms with E-state index in [0.717, 1.165) is 42.8 Å². The third-order valence-electron chi connectivity index (χ3n) is 3.91. The van der Waals surface area contributed by atoms with Crippen molar-refractivity contribution in [3.05, 3.63) is 48.2 Å². The normalized spacial score (nSPS) is 13.8. The predicted molar refractivity (Wildman–Crippen MR) is 82.7 cm³/mol. The molecule has 1 amide bonds. The molecule has 0 saturated carbocycles. The van der Waals surface area contributed by atoms with Gasteiger partial charge in [-0.3, -0.25) is 4.79 Å². The largest absolute Gasteiger partial charge is 0.315 e. The number of hydrogen-bond acceptors (Lipinski definition) is 4. The lowest BCUT2D eigenvalue weighted by atomic mass is 10.2. The molecule has 6 heteroatoms. The first-order valence-electron chi connectivity index (χ1n) is 7.39. The van der Waals surface area contributed by atoms with Crippen molar-refractivity contribution in [2.45, 2.75) is 25.8 Å². The molecule has 0 bridgehead atoms. The number of nitrogens with zero attached hydrogens (tertiary/aromatic N) is 4. The molecule has 3 aromatic heterocycles. The number of nitrogens with one attached hydrogen (secondary N) is 1. The Bertz CT molecular complexity index is 855. The van der Waals surface area contributed by atoms with Gasteiger partial charge in [-0.25, -0.2) is 15.0 Å². The first-order valence-corrected chi connectivity index (χ1v) is 7.39. The minimum absolute atomic E-state index is 0.235. The van der Waals surface area contributed by atoms with Crippen molar-refractivity contribution in [2.24, 2.45) is 0 Å². The summed E-state index contributed by atoms with van der Waals surface area (Å²) in [4.78, 5) is 25.3. The molecule has 0 radical (unpaired) electrons. The van der Waals surface area contributed by atoms with Gasteiger partial charge in [0.05, 0.1) is 6.20 Å². The Labute approximate surface area is 127 Å². The van der Waals surface area contributed by atoms with Crippen LogP contribution in [0.15, 0.2) is 36.7 Å². The summed E-state index contributed by atoms with van der Waals surface area (Å²) in [6.45, 7) is 0.900. The summed E-state index contributed by atoms with van der Waals surface area (Å²) in [6, 6.07) is 7.34. The van der Waals surface area contributed by atoms with E-state index in [-0.39, 0.29) is 5.91 Å². The summed E-state index contributed by atoms with van der Waals surface area (Å²) in [5, 5.41) is 3.82. The van der Waals surface area contributed by atoms with Gasteiger partial charge in [-0.15, -0.1) is 0 Å². The summed E-state index contributed by atoms with van der Waals surface area (Å²) in [5.74, 6) is 1.54. The van der Waals surface area contributed by atoms with Crippen LogP contribution in [0, 0.1) is 0 Å². The van der Waals surface area contributed by atoms with E-state index in [2.05, 4.69) is 24.8 Å². The summed E-state index contributed by atoms with van der Waals surface area (Å²) >= 11 is 0. The fraction of sp³-hybridized carbons (Fsp3) is 0.250. The molecule has 1 aliphatic rings. The van der Waals surface area contributed by atoms with Crippen LogP contribution < -0.4 is 5.32 Å². The second-order valence-corrected chi connectivity index (χ2v) is 5.37. The Kier molecular flexibility index (Phi) is 3.07. The molecule has 0 saturated heterocycles. The highest BCUT2D eigenvalue weighted by Gasteiger charge is 2.17. The Morgan fingerprint density at radius 3 is 3.09 bits per heavy atom. The molecule has 22 heavy (non-hydrogen) atoms. The molecule has 1 N–H and O–H groups in total. The molecule has 4 heterocycles. The van der Waals surface area contributed by atoms with E-state index < -0.39 is 0 Å². The number of amides is 1. The molecule has 0 aliphatic carbocycles. The van der Waals surface area contributed by atoms with Crippen LogP contribution in [0.3, 0.4) is 0 Å². The number of carbonyl (C=O) groups is 1. The zero-order valence-corrected chi connectivity index (χ0v) is 12.0. The van der Waals surface area contributed by atoms with Gasteiger partial charge in [-0.05, 0) is 37.1 Å². The van der Waals surface area contributed by atoms with E-state index in [4.69, 9.17) is 0 Å². The van der Waals surface area contributed by atoms with Crippen molar-refractivity contribution in [2.75, 3.05) is 5.32 Å². The highest BCUT2D eigenvalue weighted by Crippen LogP contribution is 2.20. The first-order chi connectivity index (χ1) is 10.8. The number of aromatic nitrogens is 4. The number of imidazole rings is 1. The van der Waals surface area contributed by atoms with Crippen molar-refractivity contribution in [3.8, 4) is 0 Å². The number of rotatable bonds is 2. The van der Waals surface area contributed by atoms with Crippen LogP contribution in [0.5, 0.6) is 0 Å². The maximum atomic E-state index is 12.4. The highest BCUT2D eigenvalue weighted by molar-refractivity contribution is 6.03. The second kappa shape index (κ2) is 5.22.